The van der Waals surface area contributed by atoms with Gasteiger partial charge in [-0.3, -0.25) is 18.7 Å². The normalized spacial score (nSPS) is 12.1. The van der Waals surface area contributed by atoms with Crippen molar-refractivity contribution in [1.29, 1.82) is 0 Å². The molecule has 0 amide bonds. The second-order valence-electron chi connectivity index (χ2n) is 8.90. The first-order valence-electron chi connectivity index (χ1n) is 11.0. The highest BCUT2D eigenvalue weighted by Crippen LogP contribution is 2.37. The summed E-state index contributed by atoms with van der Waals surface area (Å²) < 4.78 is 45.1. The Hall–Kier alpha value is -3.40. The molecule has 0 saturated carbocycles. The standard InChI is InChI=1S/C25H24F3N3O3S/c1-14(2)13-31-23-20(22(33)30(4)24(31)34)19(21(32)17-10-7-11-29(17)3)18(35-23)12-15-8-5-6-9-16(15)25(26,27)28/h5-11,14H,12-13H2,1-4H3. The van der Waals surface area contributed by atoms with Gasteiger partial charge in [-0.25, -0.2) is 4.79 Å². The molecule has 0 aliphatic heterocycles. The molecular weight excluding hydrogens is 479 g/mol. The summed E-state index contributed by atoms with van der Waals surface area (Å²) in [5, 5.41) is 0.0587. The van der Waals surface area contributed by atoms with Gasteiger partial charge in [0.2, 0.25) is 5.78 Å². The van der Waals surface area contributed by atoms with E-state index in [2.05, 4.69) is 0 Å². The number of alkyl halides is 3. The van der Waals surface area contributed by atoms with Crippen LogP contribution in [0.2, 0.25) is 0 Å². The average molecular weight is 504 g/mol. The van der Waals surface area contributed by atoms with E-state index in [4.69, 9.17) is 0 Å². The first-order valence-corrected chi connectivity index (χ1v) is 11.8. The zero-order valence-corrected chi connectivity index (χ0v) is 20.5. The van der Waals surface area contributed by atoms with E-state index in [0.717, 1.165) is 22.0 Å². The molecule has 10 heteroatoms. The van der Waals surface area contributed by atoms with Gasteiger partial charge >= 0.3 is 11.9 Å². The van der Waals surface area contributed by atoms with Crippen molar-refractivity contribution < 1.29 is 18.0 Å². The van der Waals surface area contributed by atoms with Crippen molar-refractivity contribution in [1.82, 2.24) is 13.7 Å². The monoisotopic (exact) mass is 503 g/mol. The Bertz CT molecular complexity index is 1550. The SMILES string of the molecule is CC(C)Cn1c(=O)n(C)c(=O)c2c(C(=O)c3cccn3C)c(Cc3ccccc3C(F)(F)F)sc21. The van der Waals surface area contributed by atoms with Gasteiger partial charge in [0.05, 0.1) is 22.2 Å². The molecule has 0 N–H and O–H groups in total. The number of benzene rings is 1. The predicted octanol–water partition coefficient (Wildman–Crippen LogP) is 4.60. The van der Waals surface area contributed by atoms with Gasteiger partial charge in [0, 0.05) is 38.1 Å². The molecular formula is C25H24F3N3O3S. The molecule has 3 aromatic heterocycles. The molecule has 4 aromatic rings. The van der Waals surface area contributed by atoms with Crippen molar-refractivity contribution in [3.8, 4) is 0 Å². The van der Waals surface area contributed by atoms with Crippen LogP contribution in [0.15, 0.2) is 52.2 Å². The molecule has 0 saturated heterocycles. The van der Waals surface area contributed by atoms with E-state index in [1.165, 1.54) is 29.8 Å². The van der Waals surface area contributed by atoms with Crippen LogP contribution in [0.5, 0.6) is 0 Å². The van der Waals surface area contributed by atoms with E-state index in [1.807, 2.05) is 13.8 Å². The van der Waals surface area contributed by atoms with Crippen LogP contribution in [0, 0.1) is 5.92 Å². The van der Waals surface area contributed by atoms with E-state index >= 15 is 0 Å². The van der Waals surface area contributed by atoms with Gasteiger partial charge in [-0.1, -0.05) is 32.0 Å². The van der Waals surface area contributed by atoms with Crippen molar-refractivity contribution in [2.75, 3.05) is 0 Å². The molecule has 184 valence electrons. The van der Waals surface area contributed by atoms with Crippen molar-refractivity contribution >= 4 is 27.3 Å². The van der Waals surface area contributed by atoms with E-state index in [-0.39, 0.29) is 28.9 Å². The van der Waals surface area contributed by atoms with Crippen molar-refractivity contribution in [2.24, 2.45) is 20.0 Å². The summed E-state index contributed by atoms with van der Waals surface area (Å²) >= 11 is 1.03. The van der Waals surface area contributed by atoms with E-state index < -0.39 is 28.8 Å². The molecule has 3 heterocycles. The number of ketones is 1. The highest BCUT2D eigenvalue weighted by atomic mass is 32.1. The van der Waals surface area contributed by atoms with Crippen LogP contribution in [-0.4, -0.2) is 19.5 Å². The Kier molecular flexibility index (Phi) is 6.35. The number of carbonyl (C=O) groups excluding carboxylic acids is 1. The van der Waals surface area contributed by atoms with Crippen molar-refractivity contribution in [2.45, 2.75) is 33.0 Å². The predicted molar refractivity (Wildman–Crippen MR) is 129 cm³/mol. The van der Waals surface area contributed by atoms with Crippen molar-refractivity contribution in [3.63, 3.8) is 0 Å². The Labute approximate surface area is 202 Å². The number of thiophene rings is 1. The van der Waals surface area contributed by atoms with Gasteiger partial charge in [0.1, 0.15) is 4.83 Å². The lowest BCUT2D eigenvalue weighted by atomic mass is 9.98. The number of aryl methyl sites for hydroxylation is 1. The lowest BCUT2D eigenvalue weighted by molar-refractivity contribution is -0.138. The number of nitrogens with zero attached hydrogens (tertiary/aromatic N) is 3. The second-order valence-corrected chi connectivity index (χ2v) is 9.98. The maximum atomic E-state index is 13.7. The molecule has 0 fully saturated rings. The topological polar surface area (TPSA) is 66.0 Å². The molecule has 0 aliphatic rings. The van der Waals surface area contributed by atoms with E-state index in [0.29, 0.717) is 21.9 Å². The van der Waals surface area contributed by atoms with Crippen LogP contribution >= 0.6 is 11.3 Å². The molecule has 0 radical (unpaired) electrons. The van der Waals surface area contributed by atoms with Gasteiger partial charge < -0.3 is 4.57 Å². The number of aromatic nitrogens is 3. The molecule has 0 spiro atoms. The maximum absolute atomic E-state index is 13.7. The maximum Gasteiger partial charge on any atom is 0.416 e. The van der Waals surface area contributed by atoms with Crippen LogP contribution in [0.3, 0.4) is 0 Å². The highest BCUT2D eigenvalue weighted by Gasteiger charge is 2.34. The summed E-state index contributed by atoms with van der Waals surface area (Å²) in [7, 11) is 3.02. The summed E-state index contributed by atoms with van der Waals surface area (Å²) in [5.41, 5.74) is -1.66. The third-order valence-electron chi connectivity index (χ3n) is 5.87. The largest absolute Gasteiger partial charge is 0.416 e. The van der Waals surface area contributed by atoms with Gasteiger partial charge in [-0.2, -0.15) is 13.2 Å². The molecule has 0 bridgehead atoms. The number of halogens is 3. The number of hydrogen-bond donors (Lipinski definition) is 0. The fourth-order valence-corrected chi connectivity index (χ4v) is 5.53. The number of hydrogen-bond acceptors (Lipinski definition) is 4. The number of carbonyl (C=O) groups is 1. The van der Waals surface area contributed by atoms with Crippen LogP contribution in [-0.2, 0) is 33.2 Å². The fraction of sp³-hybridized carbons (Fsp3) is 0.320. The average Bonchev–Trinajstić information content (AvgIpc) is 3.38. The Morgan fingerprint density at radius 3 is 2.34 bits per heavy atom. The Balaban J connectivity index is 2.07. The Morgan fingerprint density at radius 1 is 1.06 bits per heavy atom. The lowest BCUT2D eigenvalue weighted by Gasteiger charge is -2.13. The van der Waals surface area contributed by atoms with E-state index in [9.17, 15) is 27.6 Å². The fourth-order valence-electron chi connectivity index (χ4n) is 4.22. The van der Waals surface area contributed by atoms with Gasteiger partial charge in [-0.05, 0) is 29.7 Å². The minimum atomic E-state index is -4.58. The zero-order valence-electron chi connectivity index (χ0n) is 19.6. The van der Waals surface area contributed by atoms with Crippen molar-refractivity contribution in [3.05, 3.63) is 90.7 Å². The molecule has 1 aromatic carbocycles. The quantitative estimate of drug-likeness (QED) is 0.362. The third-order valence-corrected chi connectivity index (χ3v) is 7.08. The summed E-state index contributed by atoms with van der Waals surface area (Å²) in [4.78, 5) is 40.5. The summed E-state index contributed by atoms with van der Waals surface area (Å²) in [6.07, 6.45) is -3.11. The molecule has 4 rings (SSSR count). The van der Waals surface area contributed by atoms with Crippen LogP contribution in [0.25, 0.3) is 10.2 Å². The van der Waals surface area contributed by atoms with Crippen LogP contribution in [0.4, 0.5) is 13.2 Å². The summed E-state index contributed by atoms with van der Waals surface area (Å²) in [5.74, 6) is -0.424. The van der Waals surface area contributed by atoms with Gasteiger partial charge in [0.15, 0.2) is 0 Å². The van der Waals surface area contributed by atoms with Gasteiger partial charge in [0.25, 0.3) is 5.56 Å². The molecule has 0 unspecified atom stereocenters. The second kappa shape index (κ2) is 8.99. The first kappa shape index (κ1) is 24.7. The molecule has 6 nitrogen and oxygen atoms in total. The zero-order chi connectivity index (χ0) is 25.7. The molecule has 0 atom stereocenters. The minimum Gasteiger partial charge on any atom is -0.348 e. The third kappa shape index (κ3) is 4.38. The first-order chi connectivity index (χ1) is 16.4. The van der Waals surface area contributed by atoms with Gasteiger partial charge in [-0.15, -0.1) is 11.3 Å². The summed E-state index contributed by atoms with van der Waals surface area (Å²) in [6, 6.07) is 8.44. The minimum absolute atomic E-state index is 0.0120. The number of fused-ring (bicyclic) bond motifs is 1. The van der Waals surface area contributed by atoms with Crippen LogP contribution < -0.4 is 11.2 Å². The number of rotatable bonds is 6. The van der Waals surface area contributed by atoms with Crippen LogP contribution in [0.1, 0.15) is 45.9 Å². The molecule has 35 heavy (non-hydrogen) atoms. The van der Waals surface area contributed by atoms with E-state index in [1.54, 1.807) is 29.9 Å². The lowest BCUT2D eigenvalue weighted by Crippen LogP contribution is -2.38. The molecule has 0 aliphatic carbocycles. The smallest absolute Gasteiger partial charge is 0.348 e. The highest BCUT2D eigenvalue weighted by molar-refractivity contribution is 7.19. The summed E-state index contributed by atoms with van der Waals surface area (Å²) in [6.45, 7) is 4.11. The Morgan fingerprint density at radius 2 is 1.74 bits per heavy atom.